The Labute approximate surface area is 213 Å². The average Bonchev–Trinajstić information content (AvgIpc) is 3.74. The van der Waals surface area contributed by atoms with Gasteiger partial charge in [0.15, 0.2) is 0 Å². The van der Waals surface area contributed by atoms with Crippen LogP contribution in [0.4, 0.5) is 10.1 Å². The third-order valence-corrected chi connectivity index (χ3v) is 9.49. The van der Waals surface area contributed by atoms with Crippen molar-refractivity contribution in [2.24, 2.45) is 5.92 Å². The van der Waals surface area contributed by atoms with Crippen molar-refractivity contribution in [3.63, 3.8) is 0 Å². The fourth-order valence-electron chi connectivity index (χ4n) is 4.80. The van der Waals surface area contributed by atoms with Gasteiger partial charge in [0, 0.05) is 5.02 Å². The van der Waals surface area contributed by atoms with Crippen molar-refractivity contribution in [3.05, 3.63) is 64.9 Å². The van der Waals surface area contributed by atoms with E-state index in [4.69, 9.17) is 16.3 Å². The highest BCUT2D eigenvalue weighted by atomic mass is 35.5. The number of carboxylic acids is 1. The molecule has 2 aromatic rings. The molecule has 1 aliphatic heterocycles. The number of carbonyl (C=O) groups is 2. The molecule has 8 nitrogen and oxygen atoms in total. The van der Waals surface area contributed by atoms with Crippen LogP contribution in [-0.2, 0) is 24.3 Å². The summed E-state index contributed by atoms with van der Waals surface area (Å²) in [6.45, 7) is -0.255. The van der Waals surface area contributed by atoms with Crippen LogP contribution in [-0.4, -0.2) is 60.8 Å². The number of nitrogens with zero attached hydrogens (tertiary/aromatic N) is 2. The van der Waals surface area contributed by atoms with Crippen LogP contribution in [0.3, 0.4) is 0 Å². The number of sulfonamides is 1. The Morgan fingerprint density at radius 3 is 2.39 bits per heavy atom. The Balaban J connectivity index is 1.57. The van der Waals surface area contributed by atoms with Gasteiger partial charge < -0.3 is 14.7 Å². The lowest BCUT2D eigenvalue weighted by molar-refractivity contribution is -0.177. The second-order valence-corrected chi connectivity index (χ2v) is 12.1. The van der Waals surface area contributed by atoms with E-state index >= 15 is 0 Å². The number of amides is 1. The van der Waals surface area contributed by atoms with Crippen molar-refractivity contribution in [3.8, 4) is 0 Å². The van der Waals surface area contributed by atoms with Crippen molar-refractivity contribution in [1.29, 1.82) is 0 Å². The molecule has 0 radical (unpaired) electrons. The van der Waals surface area contributed by atoms with Crippen molar-refractivity contribution in [2.75, 3.05) is 17.5 Å². The van der Waals surface area contributed by atoms with Crippen molar-refractivity contribution >= 4 is 39.2 Å². The van der Waals surface area contributed by atoms with Crippen LogP contribution in [0.2, 0.25) is 5.02 Å². The third-order valence-electron chi connectivity index (χ3n) is 6.96. The topological polar surface area (TPSA) is 104 Å². The summed E-state index contributed by atoms with van der Waals surface area (Å²) in [5, 5.41) is 9.51. The highest BCUT2D eigenvalue weighted by Gasteiger charge is 2.50. The molecule has 1 N–H and O–H groups in total. The van der Waals surface area contributed by atoms with Gasteiger partial charge in [0.2, 0.25) is 16.1 Å². The first-order valence-electron chi connectivity index (χ1n) is 11.9. The molecule has 192 valence electrons. The third kappa shape index (κ3) is 4.81. The minimum atomic E-state index is -3.89. The predicted octanol–water partition coefficient (Wildman–Crippen LogP) is 3.61. The monoisotopic (exact) mass is 536 g/mol. The molecule has 2 unspecified atom stereocenters. The second kappa shape index (κ2) is 9.64. The SMILES string of the molecule is O=C(O)C1OCC(c2ccc(Cl)cc2)N([C@H](CN(c2ccccc2F)S(=O)(=O)C2CC2)C2CC2)C1=O. The number of hydrogen-bond donors (Lipinski definition) is 1. The summed E-state index contributed by atoms with van der Waals surface area (Å²) in [7, 11) is -3.89. The van der Waals surface area contributed by atoms with E-state index in [1.54, 1.807) is 30.3 Å². The summed E-state index contributed by atoms with van der Waals surface area (Å²) >= 11 is 6.04. The number of carboxylic acid groups (broad SMARTS) is 1. The van der Waals surface area contributed by atoms with E-state index in [1.165, 1.54) is 23.1 Å². The first-order valence-corrected chi connectivity index (χ1v) is 13.7. The summed E-state index contributed by atoms with van der Waals surface area (Å²) in [6.07, 6.45) is 0.777. The van der Waals surface area contributed by atoms with E-state index in [0.29, 0.717) is 23.4 Å². The molecule has 0 bridgehead atoms. The fraction of sp³-hybridized carbons (Fsp3) is 0.440. The number of benzene rings is 2. The second-order valence-electron chi connectivity index (χ2n) is 9.50. The van der Waals surface area contributed by atoms with Crippen molar-refractivity contribution in [1.82, 2.24) is 4.90 Å². The lowest BCUT2D eigenvalue weighted by Gasteiger charge is -2.44. The Morgan fingerprint density at radius 2 is 1.81 bits per heavy atom. The molecule has 36 heavy (non-hydrogen) atoms. The molecule has 2 saturated carbocycles. The summed E-state index contributed by atoms with van der Waals surface area (Å²) in [6, 6.07) is 11.1. The number of aliphatic carboxylic acids is 1. The maximum atomic E-state index is 14.9. The molecule has 5 rings (SSSR count). The van der Waals surface area contributed by atoms with Crippen LogP contribution in [0.5, 0.6) is 0 Å². The van der Waals surface area contributed by atoms with Gasteiger partial charge in [-0.1, -0.05) is 35.9 Å². The number of halogens is 2. The minimum absolute atomic E-state index is 0.0556. The highest BCUT2D eigenvalue weighted by Crippen LogP contribution is 2.43. The Hall–Kier alpha value is -2.69. The fourth-order valence-corrected chi connectivity index (χ4v) is 6.80. The zero-order valence-corrected chi connectivity index (χ0v) is 20.9. The molecule has 1 amide bonds. The zero-order chi connectivity index (χ0) is 25.6. The van der Waals surface area contributed by atoms with E-state index in [1.807, 2.05) is 0 Å². The molecule has 1 saturated heterocycles. The normalized spacial score (nSPS) is 23.4. The van der Waals surface area contributed by atoms with Gasteiger partial charge in [-0.25, -0.2) is 17.6 Å². The van der Waals surface area contributed by atoms with E-state index in [0.717, 1.165) is 17.1 Å². The van der Waals surface area contributed by atoms with Gasteiger partial charge in [0.05, 0.1) is 36.2 Å². The number of ether oxygens (including phenoxy) is 1. The molecule has 0 spiro atoms. The van der Waals surface area contributed by atoms with Crippen LogP contribution in [0.25, 0.3) is 0 Å². The summed E-state index contributed by atoms with van der Waals surface area (Å²) < 4.78 is 48.4. The quantitative estimate of drug-likeness (QED) is 0.491. The number of para-hydroxylation sites is 1. The van der Waals surface area contributed by atoms with Gasteiger partial charge in [-0.2, -0.15) is 0 Å². The van der Waals surface area contributed by atoms with Crippen LogP contribution in [0, 0.1) is 11.7 Å². The Bertz CT molecular complexity index is 1270. The summed E-state index contributed by atoms with van der Waals surface area (Å²) in [5.74, 6) is -2.89. The minimum Gasteiger partial charge on any atom is -0.479 e. The average molecular weight is 537 g/mol. The largest absolute Gasteiger partial charge is 0.479 e. The number of rotatable bonds is 9. The molecule has 2 aromatic carbocycles. The molecule has 1 heterocycles. The van der Waals surface area contributed by atoms with Crippen molar-refractivity contribution in [2.45, 2.75) is 49.1 Å². The van der Waals surface area contributed by atoms with E-state index in [2.05, 4.69) is 0 Å². The lowest BCUT2D eigenvalue weighted by atomic mass is 9.98. The summed E-state index contributed by atoms with van der Waals surface area (Å²) in [5.41, 5.74) is 0.610. The number of anilines is 1. The predicted molar refractivity (Wildman–Crippen MR) is 131 cm³/mol. The molecule has 3 atom stereocenters. The van der Waals surface area contributed by atoms with Crippen LogP contribution < -0.4 is 4.31 Å². The molecule has 3 fully saturated rings. The van der Waals surface area contributed by atoms with Gasteiger partial charge in [-0.05, 0) is 61.4 Å². The highest BCUT2D eigenvalue weighted by molar-refractivity contribution is 7.93. The molecule has 2 aliphatic carbocycles. The smallest absolute Gasteiger partial charge is 0.342 e. The van der Waals surface area contributed by atoms with E-state index in [9.17, 15) is 27.5 Å². The van der Waals surface area contributed by atoms with Gasteiger partial charge in [0.1, 0.15) is 5.82 Å². The molecule has 0 aromatic heterocycles. The molecular formula is C25H26ClFN2O6S. The first kappa shape index (κ1) is 25.0. The summed E-state index contributed by atoms with van der Waals surface area (Å²) in [4.78, 5) is 26.8. The number of carbonyl (C=O) groups excluding carboxylic acids is 1. The van der Waals surface area contributed by atoms with Crippen LogP contribution in [0.15, 0.2) is 48.5 Å². The first-order chi connectivity index (χ1) is 17.2. The standard InChI is InChI=1S/C25H26ClFN2O6S/c26-17-9-7-16(8-10-17)22-14-35-23(25(31)32)24(30)29(22)21(15-5-6-15)13-28(36(33,34)18-11-12-18)20-4-2-1-3-19(20)27/h1-4,7-10,15,18,21-23H,5-6,11-14H2,(H,31,32)/t21-,22?,23?/m1/s1. The van der Waals surface area contributed by atoms with Gasteiger partial charge in [-0.15, -0.1) is 0 Å². The Kier molecular flexibility index (Phi) is 6.69. The van der Waals surface area contributed by atoms with Gasteiger partial charge in [0.25, 0.3) is 5.91 Å². The van der Waals surface area contributed by atoms with Crippen molar-refractivity contribution < 1.29 is 32.2 Å². The Morgan fingerprint density at radius 1 is 1.14 bits per heavy atom. The molecular weight excluding hydrogens is 511 g/mol. The molecule has 3 aliphatic rings. The number of hydrogen-bond acceptors (Lipinski definition) is 5. The van der Waals surface area contributed by atoms with Crippen LogP contribution >= 0.6 is 11.6 Å². The maximum absolute atomic E-state index is 14.9. The van der Waals surface area contributed by atoms with Gasteiger partial charge >= 0.3 is 5.97 Å². The van der Waals surface area contributed by atoms with E-state index in [-0.39, 0.29) is 24.8 Å². The molecule has 11 heteroatoms. The number of morpholine rings is 1. The van der Waals surface area contributed by atoms with Gasteiger partial charge in [-0.3, -0.25) is 9.10 Å². The maximum Gasteiger partial charge on any atom is 0.342 e. The lowest BCUT2D eigenvalue weighted by Crippen LogP contribution is -2.59. The van der Waals surface area contributed by atoms with Crippen LogP contribution in [0.1, 0.15) is 37.3 Å². The zero-order valence-electron chi connectivity index (χ0n) is 19.3. The van der Waals surface area contributed by atoms with E-state index < -0.39 is 51.2 Å².